The third-order valence-corrected chi connectivity index (χ3v) is 3.99. The first-order valence-electron chi connectivity index (χ1n) is 8.19. The highest BCUT2D eigenvalue weighted by molar-refractivity contribution is 5.84. The number of amides is 2. The Hall–Kier alpha value is -2.34. The van der Waals surface area contributed by atoms with E-state index >= 15 is 0 Å². The van der Waals surface area contributed by atoms with Crippen LogP contribution in [0.15, 0.2) is 30.5 Å². The molecular weight excluding hydrogens is 304 g/mol. The number of hydrogen-bond acceptors (Lipinski definition) is 3. The summed E-state index contributed by atoms with van der Waals surface area (Å²) in [5, 5.41) is 4.00. The van der Waals surface area contributed by atoms with Crippen molar-refractivity contribution < 1.29 is 9.59 Å². The first-order chi connectivity index (χ1) is 11.5. The van der Waals surface area contributed by atoms with E-state index in [1.54, 1.807) is 4.90 Å². The molecule has 0 unspecified atom stereocenters. The van der Waals surface area contributed by atoms with Gasteiger partial charge in [0.25, 0.3) is 0 Å². The summed E-state index contributed by atoms with van der Waals surface area (Å²) in [7, 11) is 3.91. The third-order valence-electron chi connectivity index (χ3n) is 3.99. The summed E-state index contributed by atoms with van der Waals surface area (Å²) >= 11 is 0. The summed E-state index contributed by atoms with van der Waals surface area (Å²) in [5.41, 5.74) is 2.24. The van der Waals surface area contributed by atoms with Gasteiger partial charge in [-0.3, -0.25) is 9.59 Å². The Balaban J connectivity index is 1.89. The topological polar surface area (TPSA) is 68.4 Å². The van der Waals surface area contributed by atoms with Crippen molar-refractivity contribution >= 4 is 22.7 Å². The summed E-state index contributed by atoms with van der Waals surface area (Å²) in [5.74, 6) is -0.205. The standard InChI is InChI=1S/C18H26N4O2/c1-14(23)22(13-18(24)19-9-11-21(2)3)10-8-15-12-20-17-7-5-4-6-16(15)17/h4-7,12,20H,8-11,13H2,1-3H3,(H,19,24). The van der Waals surface area contributed by atoms with Gasteiger partial charge in [0.05, 0.1) is 6.54 Å². The van der Waals surface area contributed by atoms with E-state index < -0.39 is 0 Å². The van der Waals surface area contributed by atoms with Crippen LogP contribution in [0.5, 0.6) is 0 Å². The first-order valence-corrected chi connectivity index (χ1v) is 8.19. The Kier molecular flexibility index (Phi) is 6.37. The molecule has 0 bridgehead atoms. The molecule has 1 aromatic carbocycles. The van der Waals surface area contributed by atoms with Gasteiger partial charge in [-0.1, -0.05) is 18.2 Å². The quantitative estimate of drug-likeness (QED) is 0.765. The third kappa shape index (κ3) is 5.09. The Labute approximate surface area is 142 Å². The number of fused-ring (bicyclic) bond motifs is 1. The lowest BCUT2D eigenvalue weighted by Gasteiger charge is -2.20. The molecule has 0 radical (unpaired) electrons. The molecule has 6 nitrogen and oxygen atoms in total. The van der Waals surface area contributed by atoms with Crippen LogP contribution in [0.3, 0.4) is 0 Å². The number of likely N-dealkylation sites (N-methyl/N-ethyl adjacent to an activating group) is 1. The number of hydrogen-bond donors (Lipinski definition) is 2. The zero-order valence-corrected chi connectivity index (χ0v) is 14.6. The molecule has 0 fully saturated rings. The Bertz CT molecular complexity index is 693. The van der Waals surface area contributed by atoms with E-state index in [2.05, 4.69) is 16.4 Å². The van der Waals surface area contributed by atoms with Gasteiger partial charge in [-0.05, 0) is 32.1 Å². The zero-order chi connectivity index (χ0) is 17.5. The van der Waals surface area contributed by atoms with Gasteiger partial charge in [-0.25, -0.2) is 0 Å². The predicted molar refractivity (Wildman–Crippen MR) is 95.8 cm³/mol. The molecule has 0 aliphatic heterocycles. The van der Waals surface area contributed by atoms with Gasteiger partial charge in [0.15, 0.2) is 0 Å². The van der Waals surface area contributed by atoms with Gasteiger partial charge in [-0.2, -0.15) is 0 Å². The normalized spacial score (nSPS) is 11.0. The first kappa shape index (κ1) is 18.0. The van der Waals surface area contributed by atoms with Crippen LogP contribution in [0.4, 0.5) is 0 Å². The highest BCUT2D eigenvalue weighted by Gasteiger charge is 2.14. The van der Waals surface area contributed by atoms with E-state index in [0.29, 0.717) is 19.5 Å². The van der Waals surface area contributed by atoms with Gasteiger partial charge in [0.1, 0.15) is 0 Å². The van der Waals surface area contributed by atoms with Crippen molar-refractivity contribution in [3.8, 4) is 0 Å². The van der Waals surface area contributed by atoms with Crippen molar-refractivity contribution in [1.82, 2.24) is 20.1 Å². The fourth-order valence-electron chi connectivity index (χ4n) is 2.59. The molecule has 2 rings (SSSR count). The molecule has 130 valence electrons. The van der Waals surface area contributed by atoms with E-state index in [-0.39, 0.29) is 18.4 Å². The summed E-state index contributed by atoms with van der Waals surface area (Å²) in [6, 6.07) is 8.08. The van der Waals surface area contributed by atoms with Crippen molar-refractivity contribution in [3.05, 3.63) is 36.0 Å². The molecule has 2 aromatic rings. The molecule has 1 heterocycles. The van der Waals surface area contributed by atoms with E-state index in [4.69, 9.17) is 0 Å². The van der Waals surface area contributed by atoms with Gasteiger partial charge in [0, 0.05) is 43.7 Å². The van der Waals surface area contributed by atoms with Crippen molar-refractivity contribution in [2.24, 2.45) is 0 Å². The van der Waals surface area contributed by atoms with Crippen molar-refractivity contribution in [3.63, 3.8) is 0 Å². The summed E-state index contributed by atoms with van der Waals surface area (Å²) < 4.78 is 0. The summed E-state index contributed by atoms with van der Waals surface area (Å²) in [6.07, 6.45) is 2.69. The minimum atomic E-state index is -0.119. The minimum Gasteiger partial charge on any atom is -0.361 e. The fraction of sp³-hybridized carbons (Fsp3) is 0.444. The Morgan fingerprint density at radius 2 is 1.92 bits per heavy atom. The molecule has 2 amide bonds. The maximum Gasteiger partial charge on any atom is 0.239 e. The number of H-pyrrole nitrogens is 1. The molecule has 0 spiro atoms. The molecule has 1 aromatic heterocycles. The average molecular weight is 330 g/mol. The highest BCUT2D eigenvalue weighted by atomic mass is 16.2. The molecule has 0 atom stereocenters. The zero-order valence-electron chi connectivity index (χ0n) is 14.6. The van der Waals surface area contributed by atoms with Crippen molar-refractivity contribution in [2.75, 3.05) is 40.3 Å². The molecular formula is C18H26N4O2. The van der Waals surface area contributed by atoms with Crippen molar-refractivity contribution in [1.29, 1.82) is 0 Å². The number of nitrogens with one attached hydrogen (secondary N) is 2. The van der Waals surface area contributed by atoms with Crippen LogP contribution in [0.2, 0.25) is 0 Å². The molecule has 0 saturated carbocycles. The monoisotopic (exact) mass is 330 g/mol. The van der Waals surface area contributed by atoms with E-state index in [1.165, 1.54) is 6.92 Å². The maximum atomic E-state index is 12.0. The second-order valence-electron chi connectivity index (χ2n) is 6.20. The van der Waals surface area contributed by atoms with Crippen LogP contribution in [0.25, 0.3) is 10.9 Å². The average Bonchev–Trinajstić information content (AvgIpc) is 2.94. The number of nitrogens with zero attached hydrogens (tertiary/aromatic N) is 2. The second kappa shape index (κ2) is 8.49. The van der Waals surface area contributed by atoms with Crippen molar-refractivity contribution in [2.45, 2.75) is 13.3 Å². The highest BCUT2D eigenvalue weighted by Crippen LogP contribution is 2.18. The Morgan fingerprint density at radius 1 is 1.17 bits per heavy atom. The lowest BCUT2D eigenvalue weighted by molar-refractivity contribution is -0.134. The van der Waals surface area contributed by atoms with Crippen LogP contribution in [0.1, 0.15) is 12.5 Å². The fourth-order valence-corrected chi connectivity index (χ4v) is 2.59. The summed E-state index contributed by atoms with van der Waals surface area (Å²) in [4.78, 5) is 30.6. The van der Waals surface area contributed by atoms with E-state index in [1.807, 2.05) is 43.4 Å². The SMILES string of the molecule is CC(=O)N(CCc1c[nH]c2ccccc12)CC(=O)NCCN(C)C. The lowest BCUT2D eigenvalue weighted by Crippen LogP contribution is -2.42. The number of rotatable bonds is 8. The number of para-hydroxylation sites is 1. The molecule has 6 heteroatoms. The number of carbonyl (C=O) groups excluding carboxylic acids is 2. The van der Waals surface area contributed by atoms with Crippen LogP contribution in [-0.2, 0) is 16.0 Å². The maximum absolute atomic E-state index is 12.0. The molecule has 0 aliphatic rings. The van der Waals surface area contributed by atoms with E-state index in [0.717, 1.165) is 23.0 Å². The van der Waals surface area contributed by atoms with Crippen LogP contribution >= 0.6 is 0 Å². The van der Waals surface area contributed by atoms with Gasteiger partial charge < -0.3 is 20.1 Å². The smallest absolute Gasteiger partial charge is 0.239 e. The second-order valence-corrected chi connectivity index (χ2v) is 6.20. The largest absolute Gasteiger partial charge is 0.361 e. The van der Waals surface area contributed by atoms with Gasteiger partial charge in [0.2, 0.25) is 11.8 Å². The van der Waals surface area contributed by atoms with Crippen LogP contribution < -0.4 is 5.32 Å². The predicted octanol–water partition coefficient (Wildman–Crippen LogP) is 1.24. The number of carbonyl (C=O) groups is 2. The number of benzene rings is 1. The summed E-state index contributed by atoms with van der Waals surface area (Å²) in [6.45, 7) is 3.49. The molecule has 0 saturated heterocycles. The molecule has 2 N–H and O–H groups in total. The van der Waals surface area contributed by atoms with Crippen LogP contribution in [0, 0.1) is 0 Å². The molecule has 0 aliphatic carbocycles. The Morgan fingerprint density at radius 3 is 2.62 bits per heavy atom. The minimum absolute atomic E-state index is 0.0856. The molecule has 24 heavy (non-hydrogen) atoms. The number of aromatic nitrogens is 1. The van der Waals surface area contributed by atoms with Crippen LogP contribution in [-0.4, -0.2) is 66.9 Å². The van der Waals surface area contributed by atoms with Gasteiger partial charge in [-0.15, -0.1) is 0 Å². The lowest BCUT2D eigenvalue weighted by atomic mass is 10.1. The van der Waals surface area contributed by atoms with Gasteiger partial charge >= 0.3 is 0 Å². The number of aromatic amines is 1. The van der Waals surface area contributed by atoms with E-state index in [9.17, 15) is 9.59 Å².